The molecule has 5 heteroatoms. The number of imidazole rings is 1. The summed E-state index contributed by atoms with van der Waals surface area (Å²) >= 11 is 0. The molecule has 0 aromatic carbocycles. The average Bonchev–Trinajstić information content (AvgIpc) is 2.76. The van der Waals surface area contributed by atoms with E-state index < -0.39 is 0 Å². The van der Waals surface area contributed by atoms with Crippen LogP contribution in [0, 0.1) is 5.41 Å². The van der Waals surface area contributed by atoms with Crippen molar-refractivity contribution in [2.24, 2.45) is 5.41 Å². The van der Waals surface area contributed by atoms with E-state index in [4.69, 9.17) is 4.74 Å². The van der Waals surface area contributed by atoms with E-state index in [0.717, 1.165) is 43.8 Å². The first kappa shape index (κ1) is 12.7. The number of hydrogen-bond donors (Lipinski definition) is 2. The largest absolute Gasteiger partial charge is 0.370 e. The molecule has 1 fully saturated rings. The van der Waals surface area contributed by atoms with Gasteiger partial charge >= 0.3 is 0 Å². The summed E-state index contributed by atoms with van der Waals surface area (Å²) in [5.41, 5.74) is 1.55. The molecule has 1 unspecified atom stereocenters. The molecule has 0 bridgehead atoms. The van der Waals surface area contributed by atoms with Gasteiger partial charge in [-0.05, 0) is 31.1 Å². The van der Waals surface area contributed by atoms with Crippen LogP contribution in [0.4, 0.5) is 0 Å². The Balaban J connectivity index is 1.90. The van der Waals surface area contributed by atoms with Crippen LogP contribution in [0.2, 0.25) is 0 Å². The van der Waals surface area contributed by atoms with Crippen LogP contribution in [-0.4, -0.2) is 29.0 Å². The molecule has 0 spiro atoms. The molecule has 2 aliphatic heterocycles. The van der Waals surface area contributed by atoms with Gasteiger partial charge in [0.2, 0.25) is 0 Å². The molecule has 1 aromatic heterocycles. The number of aromatic amines is 1. The Morgan fingerprint density at radius 3 is 2.95 bits per heavy atom. The quantitative estimate of drug-likeness (QED) is 0.814. The molecule has 2 aliphatic rings. The van der Waals surface area contributed by atoms with Gasteiger partial charge in [0.25, 0.3) is 5.91 Å². The van der Waals surface area contributed by atoms with E-state index in [2.05, 4.69) is 29.1 Å². The zero-order valence-corrected chi connectivity index (χ0v) is 11.6. The highest BCUT2D eigenvalue weighted by Crippen LogP contribution is 2.30. The molecular formula is C14H21N3O2. The maximum atomic E-state index is 12.1. The van der Waals surface area contributed by atoms with Crippen molar-refractivity contribution in [3.63, 3.8) is 0 Å². The second kappa shape index (κ2) is 4.63. The normalized spacial score (nSPS) is 26.4. The van der Waals surface area contributed by atoms with Crippen molar-refractivity contribution in [1.29, 1.82) is 0 Å². The highest BCUT2D eigenvalue weighted by Gasteiger charge is 2.31. The van der Waals surface area contributed by atoms with E-state index in [-0.39, 0.29) is 17.4 Å². The number of fused-ring (bicyclic) bond motifs is 1. The van der Waals surface area contributed by atoms with Crippen molar-refractivity contribution in [1.82, 2.24) is 15.3 Å². The Bertz CT molecular complexity index is 487. The fourth-order valence-electron chi connectivity index (χ4n) is 2.80. The van der Waals surface area contributed by atoms with Crippen LogP contribution in [-0.2, 0) is 11.2 Å². The van der Waals surface area contributed by atoms with Gasteiger partial charge in [-0.2, -0.15) is 0 Å². The molecule has 0 aliphatic carbocycles. The average molecular weight is 263 g/mol. The Morgan fingerprint density at radius 1 is 1.37 bits per heavy atom. The molecule has 1 aromatic rings. The first-order valence-electron chi connectivity index (χ1n) is 7.04. The van der Waals surface area contributed by atoms with Gasteiger partial charge in [0.1, 0.15) is 17.6 Å². The van der Waals surface area contributed by atoms with Gasteiger partial charge in [0.15, 0.2) is 0 Å². The van der Waals surface area contributed by atoms with Crippen LogP contribution in [0.5, 0.6) is 0 Å². The number of amides is 1. The fraction of sp³-hybridized carbons (Fsp3) is 0.714. The second-order valence-electron chi connectivity index (χ2n) is 6.33. The standard InChI is InChI=1S/C14H21N3O2/c1-14(2)7-9-11(13(18)15-8-14)17-12(16-9)10-5-3-4-6-19-10/h10H,3-8H2,1-2H3,(H,15,18)(H,16,17). The number of carbonyl (C=O) groups excluding carboxylic acids is 1. The Kier molecular flexibility index (Phi) is 3.09. The lowest BCUT2D eigenvalue weighted by molar-refractivity contribution is 0.00981. The molecule has 19 heavy (non-hydrogen) atoms. The van der Waals surface area contributed by atoms with E-state index in [1.807, 2.05) is 0 Å². The number of H-pyrrole nitrogens is 1. The van der Waals surface area contributed by atoms with Crippen molar-refractivity contribution in [2.75, 3.05) is 13.2 Å². The summed E-state index contributed by atoms with van der Waals surface area (Å²) < 4.78 is 5.73. The third-order valence-corrected chi connectivity index (χ3v) is 3.88. The number of hydrogen-bond acceptors (Lipinski definition) is 3. The molecule has 3 rings (SSSR count). The number of carbonyl (C=O) groups is 1. The summed E-state index contributed by atoms with van der Waals surface area (Å²) in [6, 6.07) is 0. The molecule has 2 N–H and O–H groups in total. The summed E-state index contributed by atoms with van der Waals surface area (Å²) in [7, 11) is 0. The number of nitrogens with one attached hydrogen (secondary N) is 2. The first-order chi connectivity index (χ1) is 9.05. The van der Waals surface area contributed by atoms with Crippen LogP contribution in [0.25, 0.3) is 0 Å². The smallest absolute Gasteiger partial charge is 0.271 e. The predicted octanol–water partition coefficient (Wildman–Crippen LogP) is 1.96. The summed E-state index contributed by atoms with van der Waals surface area (Å²) in [6.07, 6.45) is 4.12. The van der Waals surface area contributed by atoms with Gasteiger partial charge in [0, 0.05) is 18.8 Å². The molecule has 3 heterocycles. The zero-order valence-electron chi connectivity index (χ0n) is 11.6. The summed E-state index contributed by atoms with van der Waals surface area (Å²) in [5.74, 6) is 0.747. The molecule has 1 amide bonds. The van der Waals surface area contributed by atoms with Crippen molar-refractivity contribution in [3.8, 4) is 0 Å². The van der Waals surface area contributed by atoms with E-state index in [0.29, 0.717) is 12.2 Å². The van der Waals surface area contributed by atoms with E-state index in [9.17, 15) is 4.79 Å². The van der Waals surface area contributed by atoms with Crippen LogP contribution < -0.4 is 5.32 Å². The molecule has 1 atom stereocenters. The minimum absolute atomic E-state index is 0.0246. The molecular weight excluding hydrogens is 242 g/mol. The monoisotopic (exact) mass is 263 g/mol. The molecule has 0 saturated carbocycles. The Labute approximate surface area is 113 Å². The van der Waals surface area contributed by atoms with Gasteiger partial charge in [-0.1, -0.05) is 13.8 Å². The molecule has 0 radical (unpaired) electrons. The topological polar surface area (TPSA) is 67.0 Å². The number of rotatable bonds is 1. The summed E-state index contributed by atoms with van der Waals surface area (Å²) in [6.45, 7) is 5.78. The lowest BCUT2D eigenvalue weighted by Crippen LogP contribution is -2.32. The summed E-state index contributed by atoms with van der Waals surface area (Å²) in [4.78, 5) is 19.9. The molecule has 1 saturated heterocycles. The SMILES string of the molecule is CC1(C)CNC(=O)c2nc(C3CCCCO3)[nH]c2C1. The second-order valence-corrected chi connectivity index (χ2v) is 6.33. The van der Waals surface area contributed by atoms with Crippen LogP contribution >= 0.6 is 0 Å². The predicted molar refractivity (Wildman–Crippen MR) is 70.9 cm³/mol. The zero-order chi connectivity index (χ0) is 13.5. The van der Waals surface area contributed by atoms with Gasteiger partial charge in [0.05, 0.1) is 0 Å². The van der Waals surface area contributed by atoms with Gasteiger partial charge < -0.3 is 15.0 Å². The lowest BCUT2D eigenvalue weighted by Gasteiger charge is -2.22. The molecule has 104 valence electrons. The van der Waals surface area contributed by atoms with E-state index in [1.165, 1.54) is 0 Å². The van der Waals surface area contributed by atoms with Crippen molar-refractivity contribution >= 4 is 5.91 Å². The lowest BCUT2D eigenvalue weighted by atomic mass is 9.88. The van der Waals surface area contributed by atoms with E-state index in [1.54, 1.807) is 0 Å². The summed E-state index contributed by atoms with van der Waals surface area (Å²) in [5, 5.41) is 2.94. The number of nitrogens with zero attached hydrogens (tertiary/aromatic N) is 1. The number of aromatic nitrogens is 2. The van der Waals surface area contributed by atoms with Crippen molar-refractivity contribution in [3.05, 3.63) is 17.2 Å². The molecule has 5 nitrogen and oxygen atoms in total. The van der Waals surface area contributed by atoms with Crippen LogP contribution in [0.1, 0.15) is 61.2 Å². The Hall–Kier alpha value is -1.36. The highest BCUT2D eigenvalue weighted by molar-refractivity contribution is 5.93. The van der Waals surface area contributed by atoms with Gasteiger partial charge in [-0.25, -0.2) is 4.98 Å². The van der Waals surface area contributed by atoms with Crippen LogP contribution in [0.15, 0.2) is 0 Å². The van der Waals surface area contributed by atoms with Crippen molar-refractivity contribution < 1.29 is 9.53 Å². The van der Waals surface area contributed by atoms with Gasteiger partial charge in [-0.15, -0.1) is 0 Å². The number of ether oxygens (including phenoxy) is 1. The fourth-order valence-corrected chi connectivity index (χ4v) is 2.80. The van der Waals surface area contributed by atoms with E-state index >= 15 is 0 Å². The third kappa shape index (κ3) is 2.52. The third-order valence-electron chi connectivity index (χ3n) is 3.88. The maximum absolute atomic E-state index is 12.1. The minimum Gasteiger partial charge on any atom is -0.370 e. The first-order valence-corrected chi connectivity index (χ1v) is 7.04. The van der Waals surface area contributed by atoms with Crippen molar-refractivity contribution in [2.45, 2.75) is 45.6 Å². The Morgan fingerprint density at radius 2 is 2.21 bits per heavy atom. The maximum Gasteiger partial charge on any atom is 0.271 e. The van der Waals surface area contributed by atoms with Crippen LogP contribution in [0.3, 0.4) is 0 Å². The minimum atomic E-state index is -0.0705. The highest BCUT2D eigenvalue weighted by atomic mass is 16.5. The van der Waals surface area contributed by atoms with Gasteiger partial charge in [-0.3, -0.25) is 4.79 Å².